The molecule has 1 unspecified atom stereocenters. The number of hydrogen-bond donors (Lipinski definition) is 1. The molecule has 1 saturated carbocycles. The Morgan fingerprint density at radius 2 is 2.30 bits per heavy atom. The van der Waals surface area contributed by atoms with Gasteiger partial charge in [0.1, 0.15) is 12.4 Å². The summed E-state index contributed by atoms with van der Waals surface area (Å²) in [4.78, 5) is 11.6. The maximum atomic E-state index is 14.1. The highest BCUT2D eigenvalue weighted by molar-refractivity contribution is 6.32. The monoisotopic (exact) mass is 299 g/mol. The molecule has 0 heterocycles. The SMILES string of the molecule is C=C(CC)NC(=O)COC1CC2=C(Cl)C(F)=C1CCC2. The standard InChI is InChI=1S/C15H19ClFNO2/c1-3-9(2)18-13(19)8-20-12-7-10-5-4-6-11(12)15(17)14(10)16/h12H,2-8H2,1H3,(H,18,19). The molecule has 110 valence electrons. The van der Waals surface area contributed by atoms with Crippen molar-refractivity contribution >= 4 is 17.5 Å². The molecule has 1 N–H and O–H groups in total. The lowest BCUT2D eigenvalue weighted by Gasteiger charge is -2.24. The van der Waals surface area contributed by atoms with E-state index >= 15 is 0 Å². The maximum Gasteiger partial charge on any atom is 0.250 e. The number of rotatable bonds is 5. The van der Waals surface area contributed by atoms with Gasteiger partial charge in [-0.05, 0) is 36.8 Å². The number of halogens is 2. The normalized spacial score (nSPS) is 22.1. The molecular formula is C15H19ClFNO2. The molecule has 0 aromatic heterocycles. The van der Waals surface area contributed by atoms with E-state index < -0.39 is 0 Å². The second kappa shape index (κ2) is 6.55. The van der Waals surface area contributed by atoms with Gasteiger partial charge >= 0.3 is 0 Å². The lowest BCUT2D eigenvalue weighted by atomic mass is 9.96. The van der Waals surface area contributed by atoms with Crippen LogP contribution < -0.4 is 5.32 Å². The van der Waals surface area contributed by atoms with Crippen molar-refractivity contribution in [3.63, 3.8) is 0 Å². The van der Waals surface area contributed by atoms with E-state index in [4.69, 9.17) is 16.3 Å². The predicted molar refractivity (Wildman–Crippen MR) is 76.8 cm³/mol. The number of hydrogen-bond acceptors (Lipinski definition) is 2. The summed E-state index contributed by atoms with van der Waals surface area (Å²) in [5.74, 6) is -0.605. The highest BCUT2D eigenvalue weighted by Crippen LogP contribution is 2.42. The summed E-state index contributed by atoms with van der Waals surface area (Å²) >= 11 is 5.98. The summed E-state index contributed by atoms with van der Waals surface area (Å²) in [6.07, 6.45) is 3.22. The molecule has 0 aromatic rings. The molecule has 3 aliphatic carbocycles. The van der Waals surface area contributed by atoms with Crippen LogP contribution in [0.4, 0.5) is 4.39 Å². The Kier molecular flexibility index (Phi) is 5.00. The Morgan fingerprint density at radius 1 is 1.55 bits per heavy atom. The molecule has 0 radical (unpaired) electrons. The van der Waals surface area contributed by atoms with Crippen molar-refractivity contribution in [3.05, 3.63) is 34.3 Å². The number of amides is 1. The van der Waals surface area contributed by atoms with E-state index in [1.165, 1.54) is 0 Å². The number of ether oxygens (including phenoxy) is 1. The van der Waals surface area contributed by atoms with Crippen molar-refractivity contribution in [1.29, 1.82) is 0 Å². The molecule has 3 nitrogen and oxygen atoms in total. The van der Waals surface area contributed by atoms with E-state index in [2.05, 4.69) is 11.9 Å². The first-order valence-electron chi connectivity index (χ1n) is 6.88. The summed E-state index contributed by atoms with van der Waals surface area (Å²) < 4.78 is 19.6. The lowest BCUT2D eigenvalue weighted by Crippen LogP contribution is -2.30. The van der Waals surface area contributed by atoms with Crippen LogP contribution in [0.25, 0.3) is 0 Å². The number of nitrogens with one attached hydrogen (secondary N) is 1. The van der Waals surface area contributed by atoms with Crippen LogP contribution in [0.1, 0.15) is 39.0 Å². The van der Waals surface area contributed by atoms with E-state index in [1.807, 2.05) is 6.92 Å². The first kappa shape index (κ1) is 15.3. The summed E-state index contributed by atoms with van der Waals surface area (Å²) in [5.41, 5.74) is 2.14. The smallest absolute Gasteiger partial charge is 0.250 e. The van der Waals surface area contributed by atoms with Crippen LogP contribution in [0.15, 0.2) is 34.3 Å². The number of fused-ring (bicyclic) bond motifs is 4. The van der Waals surface area contributed by atoms with Gasteiger partial charge in [-0.1, -0.05) is 25.1 Å². The van der Waals surface area contributed by atoms with Crippen molar-refractivity contribution in [2.75, 3.05) is 6.61 Å². The van der Waals surface area contributed by atoms with Crippen molar-refractivity contribution in [2.45, 2.75) is 45.1 Å². The van der Waals surface area contributed by atoms with Crippen molar-refractivity contribution < 1.29 is 13.9 Å². The van der Waals surface area contributed by atoms with Gasteiger partial charge in [0.25, 0.3) is 0 Å². The zero-order valence-corrected chi connectivity index (χ0v) is 12.4. The molecule has 2 bridgehead atoms. The van der Waals surface area contributed by atoms with Gasteiger partial charge in [0, 0.05) is 12.1 Å². The third-order valence-corrected chi connectivity index (χ3v) is 4.12. The minimum Gasteiger partial charge on any atom is -0.364 e. The van der Waals surface area contributed by atoms with Gasteiger partial charge in [0.2, 0.25) is 5.91 Å². The van der Waals surface area contributed by atoms with Gasteiger partial charge in [-0.3, -0.25) is 4.79 Å². The van der Waals surface area contributed by atoms with Gasteiger partial charge in [0.05, 0.1) is 11.1 Å². The predicted octanol–water partition coefficient (Wildman–Crippen LogP) is 3.72. The first-order valence-corrected chi connectivity index (χ1v) is 7.26. The Morgan fingerprint density at radius 3 is 3.00 bits per heavy atom. The molecule has 3 aliphatic rings. The fourth-order valence-corrected chi connectivity index (χ4v) is 2.80. The van der Waals surface area contributed by atoms with Gasteiger partial charge in [-0.25, -0.2) is 4.39 Å². The molecule has 1 fully saturated rings. The number of carbonyl (C=O) groups excluding carboxylic acids is 1. The van der Waals surface area contributed by atoms with Crippen LogP contribution in [0.3, 0.4) is 0 Å². The van der Waals surface area contributed by atoms with Crippen molar-refractivity contribution in [1.82, 2.24) is 5.32 Å². The lowest BCUT2D eigenvalue weighted by molar-refractivity contribution is -0.126. The van der Waals surface area contributed by atoms with E-state index in [0.717, 1.165) is 18.4 Å². The van der Waals surface area contributed by atoms with Gasteiger partial charge in [0.15, 0.2) is 0 Å². The molecule has 0 aliphatic heterocycles. The molecule has 0 aromatic carbocycles. The average molecular weight is 300 g/mol. The molecular weight excluding hydrogens is 281 g/mol. The molecule has 1 atom stereocenters. The Balaban J connectivity index is 1.95. The zero-order valence-electron chi connectivity index (χ0n) is 11.6. The quantitative estimate of drug-likeness (QED) is 0.840. The highest BCUT2D eigenvalue weighted by Gasteiger charge is 2.32. The molecule has 5 heteroatoms. The van der Waals surface area contributed by atoms with E-state index in [9.17, 15) is 9.18 Å². The third kappa shape index (κ3) is 3.30. The Hall–Kier alpha value is -1.13. The first-order chi connectivity index (χ1) is 9.52. The maximum absolute atomic E-state index is 14.1. The molecule has 0 saturated heterocycles. The van der Waals surface area contributed by atoms with Crippen LogP contribution >= 0.6 is 11.6 Å². The Labute approximate surface area is 123 Å². The average Bonchev–Trinajstić information content (AvgIpc) is 2.71. The van der Waals surface area contributed by atoms with Crippen molar-refractivity contribution in [3.8, 4) is 0 Å². The fraction of sp³-hybridized carbons (Fsp3) is 0.533. The van der Waals surface area contributed by atoms with E-state index in [0.29, 0.717) is 30.5 Å². The highest BCUT2D eigenvalue weighted by atomic mass is 35.5. The number of carbonyl (C=O) groups is 1. The van der Waals surface area contributed by atoms with Crippen LogP contribution in [-0.4, -0.2) is 18.6 Å². The van der Waals surface area contributed by atoms with Gasteiger partial charge in [-0.2, -0.15) is 0 Å². The molecule has 0 spiro atoms. The second-order valence-electron chi connectivity index (χ2n) is 5.12. The summed E-state index contributed by atoms with van der Waals surface area (Å²) in [6.45, 7) is 5.51. The summed E-state index contributed by atoms with van der Waals surface area (Å²) in [5, 5.41) is 2.89. The van der Waals surface area contributed by atoms with Crippen LogP contribution in [0.5, 0.6) is 0 Å². The molecule has 3 rings (SSSR count). The van der Waals surface area contributed by atoms with Crippen LogP contribution in [-0.2, 0) is 9.53 Å². The van der Waals surface area contributed by atoms with Crippen LogP contribution in [0, 0.1) is 0 Å². The fourth-order valence-electron chi connectivity index (χ4n) is 2.51. The van der Waals surface area contributed by atoms with E-state index in [1.54, 1.807) is 0 Å². The summed E-state index contributed by atoms with van der Waals surface area (Å²) in [6, 6.07) is 0. The molecule has 20 heavy (non-hydrogen) atoms. The minimum absolute atomic E-state index is 0.0919. The van der Waals surface area contributed by atoms with Crippen LogP contribution in [0.2, 0.25) is 0 Å². The van der Waals surface area contributed by atoms with E-state index in [-0.39, 0.29) is 29.5 Å². The largest absolute Gasteiger partial charge is 0.364 e. The molecule has 1 amide bonds. The Bertz CT molecular complexity index is 496. The zero-order chi connectivity index (χ0) is 14.7. The summed E-state index contributed by atoms with van der Waals surface area (Å²) in [7, 11) is 0. The third-order valence-electron chi connectivity index (χ3n) is 3.69. The van der Waals surface area contributed by atoms with Gasteiger partial charge < -0.3 is 10.1 Å². The topological polar surface area (TPSA) is 38.3 Å². The van der Waals surface area contributed by atoms with Gasteiger partial charge in [-0.15, -0.1) is 0 Å². The number of allylic oxidation sites excluding steroid dienone is 3. The minimum atomic E-state index is -0.365. The second-order valence-corrected chi connectivity index (χ2v) is 5.50. The van der Waals surface area contributed by atoms with Crippen molar-refractivity contribution in [2.24, 2.45) is 0 Å².